The van der Waals surface area contributed by atoms with Crippen LogP contribution in [0.5, 0.6) is 0 Å². The molecular weight excluding hydrogens is 276 g/mol. The van der Waals surface area contributed by atoms with Gasteiger partial charge in [-0.25, -0.2) is 0 Å². The molecule has 1 aliphatic rings. The standard InChI is InChI=1S/C14H18N4O.ClH/c1-18(9-13-16-14(8-15)19-17-13)12-6-10-4-2-3-5-11(10)7-12;/h2-5,12H,6-9,15H2,1H3;1H. The average molecular weight is 295 g/mol. The van der Waals surface area contributed by atoms with Gasteiger partial charge in [-0.1, -0.05) is 29.4 Å². The van der Waals surface area contributed by atoms with Gasteiger partial charge in [-0.05, 0) is 31.0 Å². The van der Waals surface area contributed by atoms with Gasteiger partial charge in [0.25, 0.3) is 0 Å². The molecule has 0 saturated carbocycles. The molecule has 0 radical (unpaired) electrons. The van der Waals surface area contributed by atoms with E-state index in [2.05, 4.69) is 46.4 Å². The molecule has 5 nitrogen and oxygen atoms in total. The van der Waals surface area contributed by atoms with Crippen LogP contribution in [0.3, 0.4) is 0 Å². The molecule has 108 valence electrons. The summed E-state index contributed by atoms with van der Waals surface area (Å²) < 4.78 is 5.03. The molecule has 0 unspecified atom stereocenters. The number of likely N-dealkylation sites (N-methyl/N-ethyl adjacent to an activating group) is 1. The number of nitrogens with zero attached hydrogens (tertiary/aromatic N) is 3. The molecule has 6 heteroatoms. The molecule has 0 spiro atoms. The van der Waals surface area contributed by atoms with E-state index in [1.807, 2.05) is 0 Å². The zero-order valence-corrected chi connectivity index (χ0v) is 12.3. The number of nitrogens with two attached hydrogens (primary N) is 1. The maximum atomic E-state index is 5.46. The van der Waals surface area contributed by atoms with Crippen LogP contribution in [0.15, 0.2) is 28.8 Å². The van der Waals surface area contributed by atoms with Crippen LogP contribution < -0.4 is 5.73 Å². The Morgan fingerprint density at radius 1 is 1.30 bits per heavy atom. The van der Waals surface area contributed by atoms with Gasteiger partial charge in [0.2, 0.25) is 5.89 Å². The third-order valence-corrected chi connectivity index (χ3v) is 3.73. The maximum Gasteiger partial charge on any atom is 0.240 e. The van der Waals surface area contributed by atoms with Crippen molar-refractivity contribution >= 4 is 12.4 Å². The Balaban J connectivity index is 0.00000147. The molecule has 1 aromatic heterocycles. The Labute approximate surface area is 124 Å². The van der Waals surface area contributed by atoms with E-state index in [0.717, 1.165) is 12.8 Å². The Hall–Kier alpha value is -1.43. The van der Waals surface area contributed by atoms with Crippen molar-refractivity contribution in [2.24, 2.45) is 5.73 Å². The van der Waals surface area contributed by atoms with Crippen LogP contribution >= 0.6 is 12.4 Å². The van der Waals surface area contributed by atoms with Gasteiger partial charge >= 0.3 is 0 Å². The highest BCUT2D eigenvalue weighted by atomic mass is 35.5. The first-order valence-electron chi connectivity index (χ1n) is 6.55. The Kier molecular flexibility index (Phi) is 4.75. The molecule has 0 fully saturated rings. The molecule has 2 aromatic rings. The molecule has 0 bridgehead atoms. The molecule has 0 aliphatic heterocycles. The first-order chi connectivity index (χ1) is 9.26. The lowest BCUT2D eigenvalue weighted by molar-refractivity contribution is 0.231. The minimum Gasteiger partial charge on any atom is -0.338 e. The summed E-state index contributed by atoms with van der Waals surface area (Å²) in [7, 11) is 2.11. The van der Waals surface area contributed by atoms with Crippen LogP contribution in [0, 0.1) is 0 Å². The number of halogens is 1. The molecule has 0 saturated heterocycles. The van der Waals surface area contributed by atoms with Crippen molar-refractivity contribution in [3.8, 4) is 0 Å². The zero-order valence-electron chi connectivity index (χ0n) is 11.5. The minimum atomic E-state index is 0. The van der Waals surface area contributed by atoms with E-state index in [-0.39, 0.29) is 12.4 Å². The summed E-state index contributed by atoms with van der Waals surface area (Å²) in [5.74, 6) is 1.21. The monoisotopic (exact) mass is 294 g/mol. The Morgan fingerprint density at radius 3 is 2.50 bits per heavy atom. The lowest BCUT2D eigenvalue weighted by Gasteiger charge is -2.22. The smallest absolute Gasteiger partial charge is 0.240 e. The summed E-state index contributed by atoms with van der Waals surface area (Å²) >= 11 is 0. The van der Waals surface area contributed by atoms with Crippen LogP contribution in [-0.4, -0.2) is 28.1 Å². The van der Waals surface area contributed by atoms with Gasteiger partial charge in [0, 0.05) is 6.04 Å². The van der Waals surface area contributed by atoms with Gasteiger partial charge in [0.15, 0.2) is 5.82 Å². The van der Waals surface area contributed by atoms with Crippen molar-refractivity contribution in [1.82, 2.24) is 15.0 Å². The topological polar surface area (TPSA) is 68.2 Å². The van der Waals surface area contributed by atoms with Crippen molar-refractivity contribution < 1.29 is 4.52 Å². The quantitative estimate of drug-likeness (QED) is 0.926. The summed E-state index contributed by atoms with van der Waals surface area (Å²) in [4.78, 5) is 6.53. The highest BCUT2D eigenvalue weighted by Gasteiger charge is 2.25. The van der Waals surface area contributed by atoms with Gasteiger partial charge in [-0.2, -0.15) is 4.98 Å². The van der Waals surface area contributed by atoms with E-state index in [0.29, 0.717) is 30.8 Å². The van der Waals surface area contributed by atoms with Crippen molar-refractivity contribution in [3.63, 3.8) is 0 Å². The molecule has 0 amide bonds. The van der Waals surface area contributed by atoms with Crippen molar-refractivity contribution in [1.29, 1.82) is 0 Å². The summed E-state index contributed by atoms with van der Waals surface area (Å²) in [5.41, 5.74) is 8.37. The number of rotatable bonds is 4. The summed E-state index contributed by atoms with van der Waals surface area (Å²) in [6, 6.07) is 9.15. The van der Waals surface area contributed by atoms with E-state index < -0.39 is 0 Å². The third kappa shape index (κ3) is 3.00. The van der Waals surface area contributed by atoms with Crippen LogP contribution in [0.4, 0.5) is 0 Å². The predicted molar refractivity (Wildman–Crippen MR) is 78.5 cm³/mol. The molecule has 3 rings (SSSR count). The fraction of sp³-hybridized carbons (Fsp3) is 0.429. The van der Waals surface area contributed by atoms with E-state index in [1.54, 1.807) is 0 Å². The highest BCUT2D eigenvalue weighted by molar-refractivity contribution is 5.85. The lowest BCUT2D eigenvalue weighted by atomic mass is 10.1. The first-order valence-corrected chi connectivity index (χ1v) is 6.55. The molecule has 2 N–H and O–H groups in total. The van der Waals surface area contributed by atoms with Gasteiger partial charge in [0.1, 0.15) is 0 Å². The summed E-state index contributed by atoms with van der Waals surface area (Å²) in [6.07, 6.45) is 2.18. The molecule has 1 aliphatic carbocycles. The van der Waals surface area contributed by atoms with E-state index in [9.17, 15) is 0 Å². The second-order valence-electron chi connectivity index (χ2n) is 5.05. The molecule has 1 aromatic carbocycles. The van der Waals surface area contributed by atoms with Gasteiger partial charge < -0.3 is 10.3 Å². The number of benzene rings is 1. The lowest BCUT2D eigenvalue weighted by Crippen LogP contribution is -2.32. The van der Waals surface area contributed by atoms with Crippen molar-refractivity contribution in [3.05, 3.63) is 47.1 Å². The first kappa shape index (κ1) is 15.0. The molecule has 1 heterocycles. The van der Waals surface area contributed by atoms with E-state index >= 15 is 0 Å². The van der Waals surface area contributed by atoms with E-state index in [1.165, 1.54) is 11.1 Å². The van der Waals surface area contributed by atoms with Crippen LogP contribution in [0.2, 0.25) is 0 Å². The van der Waals surface area contributed by atoms with Crippen molar-refractivity contribution in [2.45, 2.75) is 32.0 Å². The van der Waals surface area contributed by atoms with Crippen LogP contribution in [0.1, 0.15) is 22.8 Å². The van der Waals surface area contributed by atoms with Gasteiger partial charge in [-0.3, -0.25) is 4.90 Å². The second kappa shape index (κ2) is 6.35. The average Bonchev–Trinajstić information content (AvgIpc) is 3.04. The fourth-order valence-corrected chi connectivity index (χ4v) is 2.64. The minimum absolute atomic E-state index is 0. The maximum absolute atomic E-state index is 5.46. The predicted octanol–water partition coefficient (Wildman–Crippen LogP) is 1.55. The fourth-order valence-electron chi connectivity index (χ4n) is 2.64. The SMILES string of the molecule is CN(Cc1noc(CN)n1)C1Cc2ccccc2C1.Cl. The highest BCUT2D eigenvalue weighted by Crippen LogP contribution is 2.25. The number of fused-ring (bicyclic) bond motifs is 1. The molecular formula is C14H19ClN4O. The second-order valence-corrected chi connectivity index (χ2v) is 5.05. The van der Waals surface area contributed by atoms with Gasteiger partial charge in [-0.15, -0.1) is 12.4 Å². The zero-order chi connectivity index (χ0) is 13.2. The van der Waals surface area contributed by atoms with Crippen LogP contribution in [0.25, 0.3) is 0 Å². The van der Waals surface area contributed by atoms with E-state index in [4.69, 9.17) is 10.3 Å². The number of aromatic nitrogens is 2. The van der Waals surface area contributed by atoms with Crippen LogP contribution in [-0.2, 0) is 25.9 Å². The van der Waals surface area contributed by atoms with Gasteiger partial charge in [0.05, 0.1) is 13.1 Å². The normalized spacial score (nSPS) is 14.3. The summed E-state index contributed by atoms with van der Waals surface area (Å²) in [6.45, 7) is 0.994. The number of hydrogen-bond donors (Lipinski definition) is 1. The van der Waals surface area contributed by atoms with Crippen molar-refractivity contribution in [2.75, 3.05) is 7.05 Å². The third-order valence-electron chi connectivity index (χ3n) is 3.73. The summed E-state index contributed by atoms with van der Waals surface area (Å²) in [5, 5.41) is 3.94. The molecule has 0 atom stereocenters. The number of hydrogen-bond acceptors (Lipinski definition) is 5. The largest absolute Gasteiger partial charge is 0.338 e. The molecule has 20 heavy (non-hydrogen) atoms. The Morgan fingerprint density at radius 2 is 1.95 bits per heavy atom. The Bertz CT molecular complexity index is 547.